The van der Waals surface area contributed by atoms with Gasteiger partial charge in [-0.05, 0) is 146 Å². The standard InChI is InChI=1S/C67H56BClN4O/c1-65(2,3)42-20-28-57-50(32-42)49-31-40(39-70)19-27-56(49)72(57)47-24-26-54-62(38-47)74-63-36-45(69)35-61-64(63)68(54)53-25-23-46(37-60(53)73(61)55-18-14-13-17-48(55)41-15-11-10-12-16-41)71-58-29-21-43(66(4,5)6)33-51(58)52-34-44(67(7,8)9)22-30-59(52)71/h10-38H,1-9H3. The van der Waals surface area contributed by atoms with Crippen molar-refractivity contribution in [3.05, 3.63) is 203 Å². The molecular formula is C67H56BClN4O. The Balaban J connectivity index is 1.06. The van der Waals surface area contributed by atoms with Crippen molar-refractivity contribution in [2.45, 2.75) is 78.6 Å². The minimum absolute atomic E-state index is 0.0152. The summed E-state index contributed by atoms with van der Waals surface area (Å²) in [6.07, 6.45) is 0. The maximum absolute atomic E-state index is 10.0. The van der Waals surface area contributed by atoms with Crippen LogP contribution in [0.3, 0.4) is 0 Å². The van der Waals surface area contributed by atoms with Gasteiger partial charge in [-0.1, -0.05) is 153 Å². The molecule has 0 unspecified atom stereocenters. The highest BCUT2D eigenvalue weighted by atomic mass is 35.5. The molecule has 0 atom stereocenters. The molecule has 0 spiro atoms. The monoisotopic (exact) mass is 978 g/mol. The molecule has 11 aromatic rings. The smallest absolute Gasteiger partial charge is 0.256 e. The first-order chi connectivity index (χ1) is 35.4. The van der Waals surface area contributed by atoms with Gasteiger partial charge in [-0.2, -0.15) is 5.26 Å². The Bertz CT molecular complexity index is 4140. The molecule has 5 nitrogen and oxygen atoms in total. The van der Waals surface area contributed by atoms with Crippen molar-refractivity contribution in [3.63, 3.8) is 0 Å². The molecule has 0 saturated heterocycles. The second-order valence-corrected chi connectivity index (χ2v) is 24.0. The summed E-state index contributed by atoms with van der Waals surface area (Å²) in [4.78, 5) is 2.42. The van der Waals surface area contributed by atoms with E-state index in [4.69, 9.17) is 16.3 Å². The lowest BCUT2D eigenvalue weighted by atomic mass is 9.34. The maximum atomic E-state index is 10.0. The summed E-state index contributed by atoms with van der Waals surface area (Å²) >= 11 is 7.30. The number of para-hydroxylation sites is 1. The number of anilines is 3. The van der Waals surface area contributed by atoms with Crippen LogP contribution in [0.4, 0.5) is 17.1 Å². The van der Waals surface area contributed by atoms with Crippen LogP contribution in [0.5, 0.6) is 11.5 Å². The lowest BCUT2D eigenvalue weighted by Crippen LogP contribution is -2.59. The Labute approximate surface area is 438 Å². The van der Waals surface area contributed by atoms with E-state index in [0.29, 0.717) is 10.6 Å². The summed E-state index contributed by atoms with van der Waals surface area (Å²) in [5, 5.41) is 15.3. The number of halogens is 1. The zero-order valence-electron chi connectivity index (χ0n) is 43.4. The number of benzene rings is 9. The number of nitriles is 1. The van der Waals surface area contributed by atoms with Crippen LogP contribution < -0.4 is 26.0 Å². The van der Waals surface area contributed by atoms with Gasteiger partial charge in [0.05, 0.1) is 39.4 Å². The molecule has 74 heavy (non-hydrogen) atoms. The Morgan fingerprint density at radius 2 is 0.973 bits per heavy atom. The van der Waals surface area contributed by atoms with Gasteiger partial charge in [-0.25, -0.2) is 0 Å². The topological polar surface area (TPSA) is 46.1 Å². The zero-order valence-corrected chi connectivity index (χ0v) is 44.2. The third-order valence-electron chi connectivity index (χ3n) is 15.7. The largest absolute Gasteiger partial charge is 0.458 e. The van der Waals surface area contributed by atoms with E-state index in [1.807, 2.05) is 18.2 Å². The number of fused-ring (bicyclic) bond motifs is 10. The molecule has 7 heteroatoms. The normalized spacial score (nSPS) is 13.3. The van der Waals surface area contributed by atoms with Crippen LogP contribution >= 0.6 is 11.6 Å². The van der Waals surface area contributed by atoms with Gasteiger partial charge in [0.2, 0.25) is 0 Å². The Hall–Kier alpha value is -7.98. The Kier molecular flexibility index (Phi) is 10.1. The number of aromatic nitrogens is 2. The molecule has 2 aromatic heterocycles. The summed E-state index contributed by atoms with van der Waals surface area (Å²) in [6, 6.07) is 66.5. The molecular weight excluding hydrogens is 923 g/mol. The highest BCUT2D eigenvalue weighted by molar-refractivity contribution is 6.99. The molecule has 4 heterocycles. The van der Waals surface area contributed by atoms with Gasteiger partial charge in [-0.3, -0.25) is 0 Å². The molecule has 2 aliphatic rings. The van der Waals surface area contributed by atoms with Gasteiger partial charge in [-0.15, -0.1) is 0 Å². The molecule has 0 fully saturated rings. The van der Waals surface area contributed by atoms with Crippen molar-refractivity contribution in [2.75, 3.05) is 4.90 Å². The highest BCUT2D eigenvalue weighted by Crippen LogP contribution is 2.47. The van der Waals surface area contributed by atoms with Gasteiger partial charge in [0, 0.05) is 60.9 Å². The van der Waals surface area contributed by atoms with E-state index >= 15 is 0 Å². The quantitative estimate of drug-likeness (QED) is 0.165. The molecule has 0 N–H and O–H groups in total. The average molecular weight is 979 g/mol. The highest BCUT2D eigenvalue weighted by Gasteiger charge is 2.43. The minimum Gasteiger partial charge on any atom is -0.458 e. The molecule has 360 valence electrons. The third-order valence-corrected chi connectivity index (χ3v) is 15.9. The summed E-state index contributed by atoms with van der Waals surface area (Å²) in [6.45, 7) is 20.3. The number of nitrogens with zero attached hydrogens (tertiary/aromatic N) is 4. The van der Waals surface area contributed by atoms with Crippen LogP contribution in [0.1, 0.15) is 84.6 Å². The van der Waals surface area contributed by atoms with Gasteiger partial charge in [0.1, 0.15) is 11.5 Å². The molecule has 0 aliphatic carbocycles. The molecule has 0 radical (unpaired) electrons. The molecule has 9 aromatic carbocycles. The fourth-order valence-corrected chi connectivity index (χ4v) is 12.0. The van der Waals surface area contributed by atoms with Crippen molar-refractivity contribution in [3.8, 4) is 40.1 Å². The first kappa shape index (κ1) is 45.9. The van der Waals surface area contributed by atoms with Crippen LogP contribution in [-0.4, -0.2) is 15.8 Å². The molecule has 0 saturated carbocycles. The summed E-state index contributed by atoms with van der Waals surface area (Å²) < 4.78 is 11.9. The van der Waals surface area contributed by atoms with Crippen molar-refractivity contribution in [2.24, 2.45) is 0 Å². The summed E-state index contributed by atoms with van der Waals surface area (Å²) in [5.41, 5.74) is 19.6. The first-order valence-corrected chi connectivity index (χ1v) is 26.1. The van der Waals surface area contributed by atoms with E-state index in [9.17, 15) is 5.26 Å². The number of rotatable bonds is 4. The molecule has 0 bridgehead atoms. The summed E-state index contributed by atoms with van der Waals surface area (Å²) in [7, 11) is 0. The van der Waals surface area contributed by atoms with Crippen LogP contribution in [-0.2, 0) is 16.2 Å². The second kappa shape index (κ2) is 16.3. The van der Waals surface area contributed by atoms with Crippen LogP contribution in [0, 0.1) is 11.3 Å². The molecule has 2 aliphatic heterocycles. The lowest BCUT2D eigenvalue weighted by molar-refractivity contribution is 0.487. The molecule has 0 amide bonds. The van der Waals surface area contributed by atoms with Gasteiger partial charge < -0.3 is 18.8 Å². The van der Waals surface area contributed by atoms with Crippen molar-refractivity contribution in [1.29, 1.82) is 5.26 Å². The van der Waals surface area contributed by atoms with E-state index in [1.54, 1.807) is 0 Å². The van der Waals surface area contributed by atoms with Gasteiger partial charge >= 0.3 is 0 Å². The van der Waals surface area contributed by atoms with Crippen LogP contribution in [0.2, 0.25) is 5.02 Å². The minimum atomic E-state index is -0.174. The van der Waals surface area contributed by atoms with E-state index < -0.39 is 0 Å². The SMILES string of the molecule is CC(C)(C)c1ccc2c(c1)c1cc(C#N)ccc1n2-c1ccc2c(c1)Oc1cc(Cl)cc3c1B2c1ccc(-n2c4ccc(C(C)(C)C)cc4c4cc(C(C)(C)C)ccc42)cc1N3c1ccccc1-c1ccccc1. The summed E-state index contributed by atoms with van der Waals surface area (Å²) in [5.74, 6) is 1.52. The van der Waals surface area contributed by atoms with Crippen molar-refractivity contribution >= 4 is 95.4 Å². The van der Waals surface area contributed by atoms with Crippen molar-refractivity contribution < 1.29 is 4.74 Å². The zero-order chi connectivity index (χ0) is 51.2. The van der Waals surface area contributed by atoms with E-state index in [-0.39, 0.29) is 23.0 Å². The van der Waals surface area contributed by atoms with Crippen LogP contribution in [0.15, 0.2) is 176 Å². The fourth-order valence-electron chi connectivity index (χ4n) is 11.8. The predicted octanol–water partition coefficient (Wildman–Crippen LogP) is 16.4. The van der Waals surface area contributed by atoms with Gasteiger partial charge in [0.25, 0.3) is 6.71 Å². The average Bonchev–Trinajstić information content (AvgIpc) is 3.89. The second-order valence-electron chi connectivity index (χ2n) is 23.5. The van der Waals surface area contributed by atoms with Gasteiger partial charge in [0.15, 0.2) is 0 Å². The lowest BCUT2D eigenvalue weighted by Gasteiger charge is -2.41. The van der Waals surface area contributed by atoms with E-state index in [1.165, 1.54) is 44.0 Å². The van der Waals surface area contributed by atoms with E-state index in [2.05, 4.69) is 240 Å². The third kappa shape index (κ3) is 7.12. The fraction of sp³-hybridized carbons (Fsp3) is 0.179. The number of hydrogen-bond donors (Lipinski definition) is 0. The molecule has 13 rings (SSSR count). The predicted molar refractivity (Wildman–Crippen MR) is 312 cm³/mol. The van der Waals surface area contributed by atoms with Crippen LogP contribution in [0.25, 0.3) is 66.1 Å². The Morgan fingerprint density at radius 3 is 1.54 bits per heavy atom. The first-order valence-electron chi connectivity index (χ1n) is 25.8. The maximum Gasteiger partial charge on any atom is 0.256 e. The number of hydrogen-bond acceptors (Lipinski definition) is 3. The van der Waals surface area contributed by atoms with Crippen molar-refractivity contribution in [1.82, 2.24) is 9.13 Å². The number of ether oxygens (including phenoxy) is 1. The Morgan fingerprint density at radius 1 is 0.459 bits per heavy atom. The van der Waals surface area contributed by atoms with E-state index in [0.717, 1.165) is 83.8 Å².